The van der Waals surface area contributed by atoms with E-state index in [4.69, 9.17) is 0 Å². The molecule has 0 aromatic heterocycles. The van der Waals surface area contributed by atoms with E-state index in [2.05, 4.69) is 0 Å². The molecule has 0 heterocycles. The van der Waals surface area contributed by atoms with Gasteiger partial charge in [-0.05, 0) is 0 Å². The Kier molecular flexibility index (Phi) is 407. The minimum Gasteiger partial charge on any atom is 0 e. The molecule has 0 saturated carbocycles. The molecule has 0 fully saturated rings. The Labute approximate surface area is 191 Å². The minimum absolute atomic E-state index is 0. The largest absolute Gasteiger partial charge is 0 e. The van der Waals surface area contributed by atoms with Crippen molar-refractivity contribution in [2.45, 2.75) is 0 Å². The van der Waals surface area contributed by atoms with E-state index in [1.54, 1.807) is 0 Å². The van der Waals surface area contributed by atoms with Gasteiger partial charge in [-0.2, -0.15) is 0 Å². The van der Waals surface area contributed by atoms with Crippen molar-refractivity contribution in [2.24, 2.45) is 0 Å². The van der Waals surface area contributed by atoms with Crippen LogP contribution in [0.5, 0.6) is 0 Å². The first-order chi connectivity index (χ1) is 0. The SMILES string of the molecule is [GaH3].[GaH3].[GaH3].[GaH3].[GaH3].[GaH3].[GaH3].[Rb]. The van der Waals surface area contributed by atoms with Crippen LogP contribution in [0.3, 0.4) is 0 Å². The van der Waals surface area contributed by atoms with E-state index in [1.165, 1.54) is 0 Å². The zero-order valence-electron chi connectivity index (χ0n) is 1.00. The topological polar surface area (TPSA) is 0 Å². The number of hydrogen-bond acceptors (Lipinski definition) is 0. The van der Waals surface area contributed by atoms with E-state index >= 15 is 0 Å². The summed E-state index contributed by atoms with van der Waals surface area (Å²) in [5, 5.41) is 0. The van der Waals surface area contributed by atoms with Crippen LogP contribution in [0.4, 0.5) is 0 Å². The molecule has 8 heavy (non-hydrogen) atoms. The molecule has 43 valence electrons. The summed E-state index contributed by atoms with van der Waals surface area (Å²) >= 11 is 0. The molecule has 0 aliphatic carbocycles. The zero-order valence-corrected chi connectivity index (χ0v) is 5.92. The van der Waals surface area contributed by atoms with Crippen molar-refractivity contribution in [3.63, 3.8) is 0 Å². The third kappa shape index (κ3) is 39.7. The van der Waals surface area contributed by atoms with Crippen LogP contribution >= 0.6 is 0 Å². The monoisotopic (exact) mass is 589 g/mol. The van der Waals surface area contributed by atoms with Gasteiger partial charge in [-0.25, -0.2) is 0 Å². The molecule has 0 nitrogen and oxygen atoms in total. The van der Waals surface area contributed by atoms with Crippen molar-refractivity contribution >= 4 is 197 Å². The average Bonchev–Trinajstić information content (AvgIpc) is 0. The summed E-state index contributed by atoms with van der Waals surface area (Å²) in [6.45, 7) is 0. The Balaban J connectivity index is 0. The molecule has 0 aromatic rings. The van der Waals surface area contributed by atoms with E-state index in [-0.39, 0.29) is 197 Å². The van der Waals surface area contributed by atoms with Crippen LogP contribution < -0.4 is 0 Å². The zero-order chi connectivity index (χ0) is 0. The molecule has 0 rings (SSSR count). The number of hydrogen-bond donors (Lipinski definition) is 0. The van der Waals surface area contributed by atoms with Gasteiger partial charge in [-0.3, -0.25) is 0 Å². The summed E-state index contributed by atoms with van der Waals surface area (Å²) in [7, 11) is 0. The maximum absolute atomic E-state index is 0. The summed E-state index contributed by atoms with van der Waals surface area (Å²) in [5.41, 5.74) is 0. The van der Waals surface area contributed by atoms with Gasteiger partial charge in [0.2, 0.25) is 0 Å². The fraction of sp³-hybridized carbons (Fsp3) is 0. The first-order valence-corrected chi connectivity index (χ1v) is 0. The molecule has 0 aliphatic rings. The van der Waals surface area contributed by atoms with Gasteiger partial charge in [0.1, 0.15) is 0 Å². The van der Waals surface area contributed by atoms with E-state index in [0.29, 0.717) is 0 Å². The van der Waals surface area contributed by atoms with Gasteiger partial charge in [0.15, 0.2) is 0 Å². The summed E-state index contributed by atoms with van der Waals surface area (Å²) in [6.07, 6.45) is 0. The third-order valence-electron chi connectivity index (χ3n) is 0. The van der Waals surface area contributed by atoms with Gasteiger partial charge in [0.05, 0.1) is 0 Å². The van der Waals surface area contributed by atoms with E-state index in [0.717, 1.165) is 0 Å². The molecule has 0 aromatic carbocycles. The van der Waals surface area contributed by atoms with Gasteiger partial charge in [0.25, 0.3) is 0 Å². The maximum atomic E-state index is 0. The third-order valence-corrected chi connectivity index (χ3v) is 0. The van der Waals surface area contributed by atoms with E-state index < -0.39 is 0 Å². The van der Waals surface area contributed by atoms with Crippen LogP contribution in [-0.2, 0) is 0 Å². The van der Waals surface area contributed by atoms with Crippen molar-refractivity contribution in [2.75, 3.05) is 0 Å². The van der Waals surface area contributed by atoms with Gasteiger partial charge in [-0.15, -0.1) is 0 Å². The molecule has 1 radical (unpaired) electrons. The van der Waals surface area contributed by atoms with Crippen molar-refractivity contribution in [1.29, 1.82) is 0 Å². The summed E-state index contributed by atoms with van der Waals surface area (Å²) in [5.74, 6) is 0. The molecule has 0 bridgehead atoms. The van der Waals surface area contributed by atoms with Crippen LogP contribution in [-0.4, -0.2) is 197 Å². The normalized spacial score (nSPS) is 0. The summed E-state index contributed by atoms with van der Waals surface area (Å²) < 4.78 is 0. The molecule has 0 spiro atoms. The first-order valence-electron chi connectivity index (χ1n) is 0. The molecule has 0 unspecified atom stereocenters. The molecular formula is H21Ga7Rb. The second kappa shape index (κ2) is 50.9. The quantitative estimate of drug-likeness (QED) is 0.245. The second-order valence-electron chi connectivity index (χ2n) is 0. The molecule has 8 heteroatoms. The standard InChI is InChI=1S/7Ga.Rb.21H. The fourth-order valence-electron chi connectivity index (χ4n) is 0. The predicted octanol–water partition coefficient (Wildman–Crippen LogP) is -8.67. The Morgan fingerprint density at radius 3 is 0.250 bits per heavy atom. The summed E-state index contributed by atoms with van der Waals surface area (Å²) in [4.78, 5) is 0. The molecule has 0 amide bonds. The minimum atomic E-state index is 0. The molecule has 0 aliphatic heterocycles. The Bertz CT molecular complexity index is 4.35. The van der Waals surface area contributed by atoms with Crippen molar-refractivity contribution in [3.8, 4) is 0 Å². The maximum Gasteiger partial charge on any atom is 0 e. The molecule has 0 saturated heterocycles. The average molecular weight is 595 g/mol. The van der Waals surface area contributed by atoms with Crippen LogP contribution in [0, 0.1) is 0 Å². The van der Waals surface area contributed by atoms with Gasteiger partial charge in [0, 0.05) is 58.2 Å². The molecule has 0 N–H and O–H groups in total. The van der Waals surface area contributed by atoms with Crippen LogP contribution in [0.2, 0.25) is 0 Å². The second-order valence-corrected chi connectivity index (χ2v) is 0. The fourth-order valence-corrected chi connectivity index (χ4v) is 0. The van der Waals surface area contributed by atoms with Crippen LogP contribution in [0.15, 0.2) is 0 Å². The predicted molar refractivity (Wildman–Crippen MR) is 75.3 cm³/mol. The smallest absolute Gasteiger partial charge is 0 e. The Morgan fingerprint density at radius 1 is 0.250 bits per heavy atom. The number of rotatable bonds is 0. The van der Waals surface area contributed by atoms with Crippen LogP contribution in [0.25, 0.3) is 0 Å². The molecule has 0 atom stereocenters. The Morgan fingerprint density at radius 2 is 0.250 bits per heavy atom. The molecular weight excluding hydrogens is 574 g/mol. The van der Waals surface area contributed by atoms with E-state index in [9.17, 15) is 0 Å². The van der Waals surface area contributed by atoms with Gasteiger partial charge >= 0.3 is 139 Å². The first kappa shape index (κ1) is 64.0. The Hall–Kier alpha value is 6.26. The van der Waals surface area contributed by atoms with Gasteiger partial charge in [-0.1, -0.05) is 0 Å². The van der Waals surface area contributed by atoms with Crippen molar-refractivity contribution < 1.29 is 0 Å². The van der Waals surface area contributed by atoms with Gasteiger partial charge < -0.3 is 0 Å². The van der Waals surface area contributed by atoms with Crippen molar-refractivity contribution in [1.82, 2.24) is 0 Å². The van der Waals surface area contributed by atoms with E-state index in [1.807, 2.05) is 0 Å². The van der Waals surface area contributed by atoms with Crippen LogP contribution in [0.1, 0.15) is 0 Å². The summed E-state index contributed by atoms with van der Waals surface area (Å²) in [6, 6.07) is 0. The van der Waals surface area contributed by atoms with Crippen molar-refractivity contribution in [3.05, 3.63) is 0 Å².